The van der Waals surface area contributed by atoms with Gasteiger partial charge in [0, 0.05) is 42.8 Å². The summed E-state index contributed by atoms with van der Waals surface area (Å²) in [7, 11) is 0. The molecule has 1 aliphatic rings. The van der Waals surface area contributed by atoms with Gasteiger partial charge in [0.25, 0.3) is 0 Å². The van der Waals surface area contributed by atoms with Gasteiger partial charge in [0.2, 0.25) is 5.78 Å². The molecule has 3 aromatic rings. The smallest absolute Gasteiger partial charge is 0.226 e. The molecule has 0 aromatic heterocycles. The first-order chi connectivity index (χ1) is 14.2. The maximum atomic E-state index is 12.4. The number of carbonyl (C=O) groups is 2. The minimum Gasteiger partial charge on any atom is -0.390 e. The molecule has 6 heteroatoms. The second kappa shape index (κ2) is 8.69. The molecule has 1 atom stereocenters. The van der Waals surface area contributed by atoms with Crippen LogP contribution in [0.1, 0.15) is 10.4 Å². The van der Waals surface area contributed by atoms with Crippen molar-refractivity contribution in [2.75, 3.05) is 44.7 Å². The number of nitrogens with zero attached hydrogens (tertiary/aromatic N) is 1. The lowest BCUT2D eigenvalue weighted by Crippen LogP contribution is -2.42. The summed E-state index contributed by atoms with van der Waals surface area (Å²) >= 11 is 0. The Bertz CT molecular complexity index is 1040. The number of aliphatic hydroxyl groups excluding tert-OH is 1. The van der Waals surface area contributed by atoms with Crippen LogP contribution >= 0.6 is 0 Å². The van der Waals surface area contributed by atoms with Gasteiger partial charge in [-0.3, -0.25) is 14.5 Å². The Kier molecular flexibility index (Phi) is 5.85. The number of rotatable bonds is 7. The number of ketones is 1. The van der Waals surface area contributed by atoms with Crippen molar-refractivity contribution >= 4 is 39.3 Å². The number of hydrogen-bond donors (Lipinski definition) is 2. The van der Waals surface area contributed by atoms with E-state index in [9.17, 15) is 14.7 Å². The molecule has 0 spiro atoms. The van der Waals surface area contributed by atoms with Crippen LogP contribution in [0.4, 0.5) is 5.69 Å². The molecule has 3 aromatic carbocycles. The Balaban J connectivity index is 1.64. The Morgan fingerprint density at radius 3 is 2.66 bits per heavy atom. The zero-order valence-corrected chi connectivity index (χ0v) is 16.1. The Hall–Kier alpha value is -2.80. The number of anilines is 1. The highest BCUT2D eigenvalue weighted by molar-refractivity contribution is 6.40. The number of nitrogens with one attached hydrogen (secondary N) is 1. The quantitative estimate of drug-likeness (QED) is 0.278. The summed E-state index contributed by atoms with van der Waals surface area (Å²) < 4.78 is 5.34. The van der Waals surface area contributed by atoms with Crippen LogP contribution in [0, 0.1) is 0 Å². The van der Waals surface area contributed by atoms with E-state index >= 15 is 0 Å². The number of fused-ring (bicyclic) bond motifs is 2. The van der Waals surface area contributed by atoms with Gasteiger partial charge < -0.3 is 15.2 Å². The summed E-state index contributed by atoms with van der Waals surface area (Å²) in [5, 5.41) is 17.0. The molecule has 29 heavy (non-hydrogen) atoms. The molecule has 1 aliphatic heterocycles. The summed E-state index contributed by atoms with van der Waals surface area (Å²) in [6, 6.07) is 15.2. The lowest BCUT2D eigenvalue weighted by atomic mass is 9.93. The Labute approximate surface area is 169 Å². The number of β-amino-alcohol motifs (C(OH)–C–C–N with tert-alkyl or cyclic N) is 1. The lowest BCUT2D eigenvalue weighted by molar-refractivity contribution is -0.104. The maximum absolute atomic E-state index is 12.4. The third kappa shape index (κ3) is 4.15. The van der Waals surface area contributed by atoms with E-state index in [1.165, 1.54) is 0 Å². The standard InChI is InChI=1S/C23H24N2O4/c26-15-22(28)23-18-5-2-1-4-16(18)12-20-19(23)6-3-7-21(20)24-13-17(27)14-25-8-10-29-11-9-25/h1-7,12,15,17,24,27H,8-11,13-14H2. The van der Waals surface area contributed by atoms with Crippen LogP contribution in [0.2, 0.25) is 0 Å². The number of aliphatic hydroxyl groups is 1. The minimum atomic E-state index is -0.531. The third-order valence-electron chi connectivity index (χ3n) is 5.36. The summed E-state index contributed by atoms with van der Waals surface area (Å²) in [6.45, 7) is 4.02. The number of morpholine rings is 1. The Morgan fingerprint density at radius 2 is 1.86 bits per heavy atom. The van der Waals surface area contributed by atoms with E-state index in [1.807, 2.05) is 48.5 Å². The first-order valence-electron chi connectivity index (χ1n) is 9.83. The molecular weight excluding hydrogens is 368 g/mol. The highest BCUT2D eigenvalue weighted by Gasteiger charge is 2.17. The van der Waals surface area contributed by atoms with Gasteiger partial charge >= 0.3 is 0 Å². The monoisotopic (exact) mass is 392 g/mol. The van der Waals surface area contributed by atoms with Crippen LogP contribution in [0.3, 0.4) is 0 Å². The molecule has 0 bridgehead atoms. The number of Topliss-reactive ketones (excluding diaryl/α,β-unsaturated/α-hetero) is 1. The largest absolute Gasteiger partial charge is 0.390 e. The molecule has 0 aliphatic carbocycles. The summed E-state index contributed by atoms with van der Waals surface area (Å²) in [6.07, 6.45) is -0.159. The molecular formula is C23H24N2O4. The number of hydrogen-bond acceptors (Lipinski definition) is 6. The predicted molar refractivity (Wildman–Crippen MR) is 114 cm³/mol. The number of carbonyl (C=O) groups excluding carboxylic acids is 2. The van der Waals surface area contributed by atoms with Crippen molar-refractivity contribution in [1.82, 2.24) is 4.90 Å². The van der Waals surface area contributed by atoms with Crippen LogP contribution in [-0.4, -0.2) is 67.6 Å². The molecule has 6 nitrogen and oxygen atoms in total. The molecule has 1 unspecified atom stereocenters. The van der Waals surface area contributed by atoms with E-state index in [1.54, 1.807) is 0 Å². The fraction of sp³-hybridized carbons (Fsp3) is 0.304. The highest BCUT2D eigenvalue weighted by atomic mass is 16.5. The minimum absolute atomic E-state index is 0.368. The predicted octanol–water partition coefficient (Wildman–Crippen LogP) is 2.48. The topological polar surface area (TPSA) is 78.9 Å². The normalized spacial score (nSPS) is 16.0. The first kappa shape index (κ1) is 19.5. The van der Waals surface area contributed by atoms with Gasteiger partial charge in [0.05, 0.1) is 19.3 Å². The van der Waals surface area contributed by atoms with Crippen molar-refractivity contribution in [3.05, 3.63) is 54.1 Å². The second-order valence-electron chi connectivity index (χ2n) is 7.30. The fourth-order valence-corrected chi connectivity index (χ4v) is 3.94. The lowest BCUT2D eigenvalue weighted by Gasteiger charge is -2.28. The summed E-state index contributed by atoms with van der Waals surface area (Å²) in [5.74, 6) is -0.531. The average molecular weight is 392 g/mol. The van der Waals surface area contributed by atoms with Gasteiger partial charge in [-0.25, -0.2) is 0 Å². The van der Waals surface area contributed by atoms with Gasteiger partial charge in [-0.1, -0.05) is 36.4 Å². The summed E-state index contributed by atoms with van der Waals surface area (Å²) in [4.78, 5) is 25.9. The molecule has 2 N–H and O–H groups in total. The van der Waals surface area contributed by atoms with Crippen molar-refractivity contribution in [3.8, 4) is 0 Å². The molecule has 150 valence electrons. The van der Waals surface area contributed by atoms with Crippen LogP contribution in [0.15, 0.2) is 48.5 Å². The second-order valence-corrected chi connectivity index (χ2v) is 7.30. The van der Waals surface area contributed by atoms with Crippen LogP contribution < -0.4 is 5.32 Å². The van der Waals surface area contributed by atoms with Crippen molar-refractivity contribution in [2.45, 2.75) is 6.10 Å². The summed E-state index contributed by atoms with van der Waals surface area (Å²) in [5.41, 5.74) is 1.25. The zero-order valence-electron chi connectivity index (χ0n) is 16.1. The van der Waals surface area contributed by atoms with Crippen molar-refractivity contribution < 1.29 is 19.4 Å². The highest BCUT2D eigenvalue weighted by Crippen LogP contribution is 2.33. The average Bonchev–Trinajstić information content (AvgIpc) is 2.76. The molecule has 0 saturated carbocycles. The van der Waals surface area contributed by atoms with Crippen LogP contribution in [0.25, 0.3) is 21.5 Å². The maximum Gasteiger partial charge on any atom is 0.226 e. The number of aldehydes is 1. The van der Waals surface area contributed by atoms with Crippen LogP contribution in [-0.2, 0) is 9.53 Å². The fourth-order valence-electron chi connectivity index (χ4n) is 3.94. The SMILES string of the molecule is O=CC(=O)c1c2ccccc2cc2c(NCC(O)CN3CCOCC3)cccc12. The molecule has 1 heterocycles. The van der Waals surface area contributed by atoms with Gasteiger partial charge in [-0.05, 0) is 28.3 Å². The van der Waals surface area contributed by atoms with E-state index in [2.05, 4.69) is 10.2 Å². The molecule has 0 radical (unpaired) electrons. The van der Waals surface area contributed by atoms with Gasteiger partial charge in [0.15, 0.2) is 6.29 Å². The van der Waals surface area contributed by atoms with Crippen molar-refractivity contribution in [1.29, 1.82) is 0 Å². The van der Waals surface area contributed by atoms with Gasteiger partial charge in [-0.15, -0.1) is 0 Å². The third-order valence-corrected chi connectivity index (χ3v) is 5.36. The molecule has 4 rings (SSSR count). The van der Waals surface area contributed by atoms with Gasteiger partial charge in [-0.2, -0.15) is 0 Å². The number of ether oxygens (including phenoxy) is 1. The van der Waals surface area contributed by atoms with Crippen molar-refractivity contribution in [2.24, 2.45) is 0 Å². The molecule has 1 fully saturated rings. The molecule has 1 saturated heterocycles. The van der Waals surface area contributed by atoms with Crippen molar-refractivity contribution in [3.63, 3.8) is 0 Å². The zero-order chi connectivity index (χ0) is 20.2. The Morgan fingerprint density at radius 1 is 1.10 bits per heavy atom. The van der Waals surface area contributed by atoms with E-state index < -0.39 is 11.9 Å². The van der Waals surface area contributed by atoms with E-state index in [4.69, 9.17) is 4.74 Å². The number of benzene rings is 3. The van der Waals surface area contributed by atoms with Crippen LogP contribution in [0.5, 0.6) is 0 Å². The van der Waals surface area contributed by atoms with E-state index in [0.29, 0.717) is 38.2 Å². The van der Waals surface area contributed by atoms with Gasteiger partial charge in [0.1, 0.15) is 0 Å². The first-order valence-corrected chi connectivity index (χ1v) is 9.83. The van der Waals surface area contributed by atoms with E-state index in [0.717, 1.165) is 40.3 Å². The molecule has 0 amide bonds. The van der Waals surface area contributed by atoms with E-state index in [-0.39, 0.29) is 0 Å².